The lowest BCUT2D eigenvalue weighted by Gasteiger charge is -2.27. The molecule has 0 heterocycles. The molecule has 1 unspecified atom stereocenters. The summed E-state index contributed by atoms with van der Waals surface area (Å²) in [6.45, 7) is 7.94. The summed E-state index contributed by atoms with van der Waals surface area (Å²) in [5, 5.41) is 0. The van der Waals surface area contributed by atoms with Crippen LogP contribution >= 0.6 is 0 Å². The second-order valence-corrected chi connectivity index (χ2v) is 3.81. The van der Waals surface area contributed by atoms with Crippen LogP contribution in [-0.4, -0.2) is 18.5 Å². The number of rotatable bonds is 5. The maximum atomic E-state index is 11.5. The Labute approximate surface area is 75.3 Å². The van der Waals surface area contributed by atoms with Crippen molar-refractivity contribution in [3.63, 3.8) is 0 Å². The highest BCUT2D eigenvalue weighted by atomic mass is 16.5. The quantitative estimate of drug-likeness (QED) is 0.636. The monoisotopic (exact) mass is 172 g/mol. The smallest absolute Gasteiger partial charge is 0.164 e. The number of carbonyl (C=O) groups is 1. The van der Waals surface area contributed by atoms with Gasteiger partial charge < -0.3 is 4.74 Å². The Morgan fingerprint density at radius 3 is 2.25 bits per heavy atom. The maximum absolute atomic E-state index is 11.5. The molecule has 0 N–H and O–H groups in total. The number of ketones is 1. The minimum atomic E-state index is -0.567. The first-order valence-corrected chi connectivity index (χ1v) is 4.54. The van der Waals surface area contributed by atoms with Crippen LogP contribution in [0.2, 0.25) is 0 Å². The molecule has 0 fully saturated rings. The van der Waals surface area contributed by atoms with Crippen LogP contribution in [0.1, 0.15) is 40.5 Å². The third-order valence-corrected chi connectivity index (χ3v) is 2.16. The predicted octanol–water partition coefficient (Wildman–Crippen LogP) is 2.42. The van der Waals surface area contributed by atoms with Gasteiger partial charge in [-0.15, -0.1) is 0 Å². The molecule has 0 saturated heterocycles. The van der Waals surface area contributed by atoms with Crippen molar-refractivity contribution >= 4 is 5.78 Å². The first kappa shape index (κ1) is 11.6. The van der Waals surface area contributed by atoms with Gasteiger partial charge in [0, 0.05) is 13.5 Å². The average molecular weight is 172 g/mol. The highest BCUT2D eigenvalue weighted by molar-refractivity contribution is 5.86. The van der Waals surface area contributed by atoms with Gasteiger partial charge in [-0.25, -0.2) is 0 Å². The van der Waals surface area contributed by atoms with Crippen molar-refractivity contribution in [1.29, 1.82) is 0 Å². The molecule has 1 atom stereocenters. The van der Waals surface area contributed by atoms with Crippen LogP contribution in [0, 0.1) is 5.92 Å². The third-order valence-electron chi connectivity index (χ3n) is 2.16. The van der Waals surface area contributed by atoms with Gasteiger partial charge in [-0.3, -0.25) is 4.79 Å². The molecule has 0 spiro atoms. The number of carbonyl (C=O) groups excluding carboxylic acids is 1. The molecule has 2 heteroatoms. The Hall–Kier alpha value is -0.370. The number of hydrogen-bond donors (Lipinski definition) is 0. The fourth-order valence-electron chi connectivity index (χ4n) is 1.46. The lowest BCUT2D eigenvalue weighted by atomic mass is 9.89. The van der Waals surface area contributed by atoms with Crippen molar-refractivity contribution < 1.29 is 9.53 Å². The summed E-state index contributed by atoms with van der Waals surface area (Å²) in [5.74, 6) is 0.684. The van der Waals surface area contributed by atoms with Crippen LogP contribution < -0.4 is 0 Å². The summed E-state index contributed by atoms with van der Waals surface area (Å²) in [7, 11) is 1.61. The van der Waals surface area contributed by atoms with Crippen LogP contribution in [0.5, 0.6) is 0 Å². The Morgan fingerprint density at radius 2 is 2.00 bits per heavy atom. The molecule has 0 aliphatic heterocycles. The molecule has 0 amide bonds. The third kappa shape index (κ3) is 2.94. The van der Waals surface area contributed by atoms with Gasteiger partial charge in [-0.05, 0) is 19.3 Å². The SMILES string of the molecule is CCC(=O)C(C)(CC(C)C)OC. The van der Waals surface area contributed by atoms with Crippen LogP contribution in [0.15, 0.2) is 0 Å². The Bertz CT molecular complexity index is 152. The number of methoxy groups -OCH3 is 1. The zero-order valence-electron chi connectivity index (χ0n) is 8.81. The van der Waals surface area contributed by atoms with E-state index in [1.807, 2.05) is 13.8 Å². The van der Waals surface area contributed by atoms with Gasteiger partial charge >= 0.3 is 0 Å². The normalized spacial score (nSPS) is 16.2. The van der Waals surface area contributed by atoms with Crippen molar-refractivity contribution in [2.45, 2.75) is 46.1 Å². The van der Waals surface area contributed by atoms with E-state index in [1.165, 1.54) is 0 Å². The minimum absolute atomic E-state index is 0.193. The molecule has 72 valence electrons. The fraction of sp³-hybridized carbons (Fsp3) is 0.900. The predicted molar refractivity (Wildman–Crippen MR) is 50.2 cm³/mol. The highest BCUT2D eigenvalue weighted by Crippen LogP contribution is 2.22. The molecule has 2 nitrogen and oxygen atoms in total. The fourth-order valence-corrected chi connectivity index (χ4v) is 1.46. The van der Waals surface area contributed by atoms with E-state index in [0.29, 0.717) is 12.3 Å². The number of ether oxygens (including phenoxy) is 1. The van der Waals surface area contributed by atoms with Gasteiger partial charge in [0.2, 0.25) is 0 Å². The van der Waals surface area contributed by atoms with E-state index in [2.05, 4.69) is 13.8 Å². The lowest BCUT2D eigenvalue weighted by Crippen LogP contribution is -2.38. The Balaban J connectivity index is 4.33. The van der Waals surface area contributed by atoms with Gasteiger partial charge in [0.15, 0.2) is 5.78 Å². The van der Waals surface area contributed by atoms with Crippen LogP contribution in [0.4, 0.5) is 0 Å². The van der Waals surface area contributed by atoms with Crippen molar-refractivity contribution in [2.75, 3.05) is 7.11 Å². The molecule has 0 rings (SSSR count). The highest BCUT2D eigenvalue weighted by Gasteiger charge is 2.31. The average Bonchev–Trinajstić information content (AvgIpc) is 2.01. The summed E-state index contributed by atoms with van der Waals surface area (Å²) in [4.78, 5) is 11.5. The van der Waals surface area contributed by atoms with E-state index < -0.39 is 5.60 Å². The molecule has 12 heavy (non-hydrogen) atoms. The van der Waals surface area contributed by atoms with E-state index >= 15 is 0 Å². The molecule has 0 saturated carbocycles. The molecule has 0 aliphatic rings. The van der Waals surface area contributed by atoms with E-state index in [1.54, 1.807) is 7.11 Å². The molecule has 0 aromatic heterocycles. The van der Waals surface area contributed by atoms with Gasteiger partial charge in [0.1, 0.15) is 5.60 Å². The van der Waals surface area contributed by atoms with E-state index in [-0.39, 0.29) is 5.78 Å². The summed E-state index contributed by atoms with van der Waals surface area (Å²) in [6, 6.07) is 0. The molecule has 0 aliphatic carbocycles. The second kappa shape index (κ2) is 4.61. The molecule has 0 aromatic rings. The zero-order chi connectivity index (χ0) is 9.78. The Kier molecular flexibility index (Phi) is 4.46. The molecular weight excluding hydrogens is 152 g/mol. The molecule has 0 aromatic carbocycles. The van der Waals surface area contributed by atoms with Gasteiger partial charge in [-0.2, -0.15) is 0 Å². The summed E-state index contributed by atoms with van der Waals surface area (Å²) in [6.07, 6.45) is 1.35. The maximum Gasteiger partial charge on any atom is 0.164 e. The molecule has 0 bridgehead atoms. The summed E-state index contributed by atoms with van der Waals surface area (Å²) >= 11 is 0. The van der Waals surface area contributed by atoms with Crippen molar-refractivity contribution in [3.05, 3.63) is 0 Å². The van der Waals surface area contributed by atoms with Crippen LogP contribution in [-0.2, 0) is 9.53 Å². The van der Waals surface area contributed by atoms with Crippen LogP contribution in [0.3, 0.4) is 0 Å². The molecule has 0 radical (unpaired) electrons. The van der Waals surface area contributed by atoms with Gasteiger partial charge in [0.05, 0.1) is 0 Å². The standard InChI is InChI=1S/C10H20O2/c1-6-9(11)10(4,12-5)7-8(2)3/h8H,6-7H2,1-5H3. The summed E-state index contributed by atoms with van der Waals surface area (Å²) in [5.41, 5.74) is -0.567. The number of Topliss-reactive ketones (excluding diaryl/α,β-unsaturated/α-hetero) is 1. The van der Waals surface area contributed by atoms with Crippen molar-refractivity contribution in [3.8, 4) is 0 Å². The summed E-state index contributed by atoms with van der Waals surface area (Å²) < 4.78 is 5.25. The van der Waals surface area contributed by atoms with Gasteiger partial charge in [-0.1, -0.05) is 20.8 Å². The topological polar surface area (TPSA) is 26.3 Å². The number of hydrogen-bond acceptors (Lipinski definition) is 2. The second-order valence-electron chi connectivity index (χ2n) is 3.81. The van der Waals surface area contributed by atoms with E-state index in [9.17, 15) is 4.79 Å². The van der Waals surface area contributed by atoms with Gasteiger partial charge in [0.25, 0.3) is 0 Å². The van der Waals surface area contributed by atoms with Crippen molar-refractivity contribution in [1.82, 2.24) is 0 Å². The van der Waals surface area contributed by atoms with Crippen molar-refractivity contribution in [2.24, 2.45) is 5.92 Å². The van der Waals surface area contributed by atoms with Crippen LogP contribution in [0.25, 0.3) is 0 Å². The zero-order valence-corrected chi connectivity index (χ0v) is 8.81. The van der Waals surface area contributed by atoms with E-state index in [0.717, 1.165) is 6.42 Å². The molecular formula is C10H20O2. The minimum Gasteiger partial charge on any atom is -0.371 e. The largest absolute Gasteiger partial charge is 0.371 e. The lowest BCUT2D eigenvalue weighted by molar-refractivity contribution is -0.140. The first-order valence-electron chi connectivity index (χ1n) is 4.54. The van der Waals surface area contributed by atoms with E-state index in [4.69, 9.17) is 4.74 Å². The first-order chi connectivity index (χ1) is 5.46. The Morgan fingerprint density at radius 1 is 1.50 bits per heavy atom.